The van der Waals surface area contributed by atoms with Crippen molar-refractivity contribution < 1.29 is 23.5 Å². The summed E-state index contributed by atoms with van der Waals surface area (Å²) in [6, 6.07) is 28.1. The van der Waals surface area contributed by atoms with Crippen LogP contribution in [0.1, 0.15) is 68.5 Å². The molecule has 226 valence electrons. The smallest absolute Gasteiger partial charge is 0.338 e. The van der Waals surface area contributed by atoms with Crippen LogP contribution in [-0.2, 0) is 18.7 Å². The van der Waals surface area contributed by atoms with Gasteiger partial charge >= 0.3 is 11.9 Å². The van der Waals surface area contributed by atoms with Gasteiger partial charge in [0.25, 0.3) is 0 Å². The van der Waals surface area contributed by atoms with Crippen LogP contribution in [0, 0.1) is 11.8 Å². The van der Waals surface area contributed by atoms with Crippen molar-refractivity contribution in [3.8, 4) is 11.1 Å². The van der Waals surface area contributed by atoms with Crippen molar-refractivity contribution in [1.82, 2.24) is 0 Å². The van der Waals surface area contributed by atoms with Crippen LogP contribution in [0.4, 0.5) is 0 Å². The van der Waals surface area contributed by atoms with Crippen molar-refractivity contribution in [2.24, 2.45) is 11.8 Å². The zero-order valence-electron chi connectivity index (χ0n) is 26.0. The van der Waals surface area contributed by atoms with Crippen LogP contribution in [0.5, 0.6) is 0 Å². The minimum Gasteiger partial charge on any atom is -0.462 e. The molecule has 1 heterocycles. The quantitative estimate of drug-likeness (QED) is 0.133. The molecular formula is C37H44O5Si. The maximum absolute atomic E-state index is 13.2. The Hall–Kier alpha value is -3.48. The van der Waals surface area contributed by atoms with Gasteiger partial charge in [-0.15, -0.1) is 0 Å². The van der Waals surface area contributed by atoms with Crippen LogP contribution in [0.2, 0.25) is 18.1 Å². The van der Waals surface area contributed by atoms with Gasteiger partial charge in [0.15, 0.2) is 8.32 Å². The zero-order chi connectivity index (χ0) is 30.6. The van der Waals surface area contributed by atoms with E-state index < -0.39 is 8.32 Å². The van der Waals surface area contributed by atoms with Crippen LogP contribution >= 0.6 is 0 Å². The van der Waals surface area contributed by atoms with Crippen molar-refractivity contribution in [2.45, 2.75) is 82.9 Å². The number of hydrogen-bond donors (Lipinski definition) is 0. The first-order valence-corrected chi connectivity index (χ1v) is 18.4. The first kappa shape index (κ1) is 31.0. The fourth-order valence-corrected chi connectivity index (χ4v) is 7.24. The topological polar surface area (TPSA) is 61.8 Å². The second-order valence-corrected chi connectivity index (χ2v) is 18.1. The fourth-order valence-electron chi connectivity index (χ4n) is 5.92. The van der Waals surface area contributed by atoms with E-state index in [9.17, 15) is 9.59 Å². The van der Waals surface area contributed by atoms with Gasteiger partial charge in [0.1, 0.15) is 12.2 Å². The molecule has 0 spiro atoms. The summed E-state index contributed by atoms with van der Waals surface area (Å²) >= 11 is 0. The molecule has 3 aromatic rings. The standard InChI is InChI=1S/C37H44O5Si/c1-37(2,3)43(4,5)42-32(28-16-10-7-11-17-28)19-13-12-18-30-31-24-35(38)40-34(31)25-33(30)41-36(39)29-22-20-27(21-23-29)26-14-8-6-9-15-26/h6-12,14-18,20-23,30-34H,13,19,24-25H2,1-5H3/b18-12+/t30-,31-,32?,33?,34+/m1/s1. The Balaban J connectivity index is 1.26. The van der Waals surface area contributed by atoms with E-state index in [-0.39, 0.29) is 47.1 Å². The van der Waals surface area contributed by atoms with Crippen LogP contribution < -0.4 is 0 Å². The highest BCUT2D eigenvalue weighted by atomic mass is 28.4. The Kier molecular flexibility index (Phi) is 9.38. The molecule has 0 aromatic heterocycles. The number of allylic oxidation sites excluding steroid dienone is 1. The molecule has 2 unspecified atom stereocenters. The summed E-state index contributed by atoms with van der Waals surface area (Å²) in [4.78, 5) is 25.3. The van der Waals surface area contributed by atoms with Gasteiger partial charge in [-0.3, -0.25) is 4.79 Å². The van der Waals surface area contributed by atoms with Crippen LogP contribution in [0.3, 0.4) is 0 Å². The number of carbonyl (C=O) groups excluding carboxylic acids is 2. The summed E-state index contributed by atoms with van der Waals surface area (Å²) in [5, 5.41) is 0.114. The van der Waals surface area contributed by atoms with E-state index in [1.54, 1.807) is 0 Å². The molecule has 0 radical (unpaired) electrons. The van der Waals surface area contributed by atoms with Crippen molar-refractivity contribution in [1.29, 1.82) is 0 Å². The third-order valence-electron chi connectivity index (χ3n) is 9.41. The highest BCUT2D eigenvalue weighted by molar-refractivity contribution is 6.74. The Morgan fingerprint density at radius 3 is 2.23 bits per heavy atom. The van der Waals surface area contributed by atoms with Crippen LogP contribution in [-0.4, -0.2) is 32.5 Å². The van der Waals surface area contributed by atoms with Crippen molar-refractivity contribution in [3.05, 3.63) is 108 Å². The van der Waals surface area contributed by atoms with Crippen molar-refractivity contribution in [2.75, 3.05) is 0 Å². The molecule has 43 heavy (non-hydrogen) atoms. The summed E-state index contributed by atoms with van der Waals surface area (Å²) in [6.07, 6.45) is 6.34. The van der Waals surface area contributed by atoms with Gasteiger partial charge < -0.3 is 13.9 Å². The molecule has 6 heteroatoms. The third-order valence-corrected chi connectivity index (χ3v) is 13.9. The number of fused-ring (bicyclic) bond motifs is 1. The molecule has 3 aromatic carbocycles. The third kappa shape index (κ3) is 7.36. The lowest BCUT2D eigenvalue weighted by Gasteiger charge is -2.39. The normalized spacial score (nSPS) is 22.8. The molecular weight excluding hydrogens is 552 g/mol. The summed E-state index contributed by atoms with van der Waals surface area (Å²) in [5.41, 5.74) is 3.86. The minimum atomic E-state index is -1.98. The first-order valence-electron chi connectivity index (χ1n) is 15.5. The van der Waals surface area contributed by atoms with E-state index in [1.807, 2.05) is 60.7 Å². The lowest BCUT2D eigenvalue weighted by Crippen LogP contribution is -2.41. The monoisotopic (exact) mass is 596 g/mol. The molecule has 1 aliphatic heterocycles. The van der Waals surface area contributed by atoms with E-state index in [4.69, 9.17) is 13.9 Å². The molecule has 5 nitrogen and oxygen atoms in total. The number of ether oxygens (including phenoxy) is 2. The number of hydrogen-bond acceptors (Lipinski definition) is 5. The highest BCUT2D eigenvalue weighted by Crippen LogP contribution is 2.44. The van der Waals surface area contributed by atoms with E-state index >= 15 is 0 Å². The average Bonchev–Trinajstić information content (AvgIpc) is 3.50. The van der Waals surface area contributed by atoms with Gasteiger partial charge in [-0.2, -0.15) is 0 Å². The second kappa shape index (κ2) is 13.0. The summed E-state index contributed by atoms with van der Waals surface area (Å²) in [5.74, 6) is -0.557. The van der Waals surface area contributed by atoms with E-state index in [0.717, 1.165) is 24.0 Å². The maximum Gasteiger partial charge on any atom is 0.338 e. The molecule has 1 saturated carbocycles. The Morgan fingerprint density at radius 2 is 1.58 bits per heavy atom. The molecule has 0 bridgehead atoms. The predicted molar refractivity (Wildman–Crippen MR) is 173 cm³/mol. The van der Waals surface area contributed by atoms with Crippen molar-refractivity contribution in [3.63, 3.8) is 0 Å². The molecule has 0 amide bonds. The number of rotatable bonds is 10. The summed E-state index contributed by atoms with van der Waals surface area (Å²) in [6.45, 7) is 11.4. The maximum atomic E-state index is 13.2. The zero-order valence-corrected chi connectivity index (χ0v) is 27.0. The van der Waals surface area contributed by atoms with Gasteiger partial charge in [0.05, 0.1) is 18.1 Å². The Bertz CT molecular complexity index is 1410. The minimum absolute atomic E-state index is 0.00643. The number of benzene rings is 3. The molecule has 2 fully saturated rings. The molecule has 0 N–H and O–H groups in total. The Labute approximate surface area is 257 Å². The first-order chi connectivity index (χ1) is 20.5. The van der Waals surface area contributed by atoms with E-state index in [1.165, 1.54) is 5.56 Å². The summed E-state index contributed by atoms with van der Waals surface area (Å²) < 4.78 is 18.6. The van der Waals surface area contributed by atoms with Gasteiger partial charge in [-0.05, 0) is 59.8 Å². The van der Waals surface area contributed by atoms with E-state index in [0.29, 0.717) is 18.4 Å². The number of carbonyl (C=O) groups is 2. The van der Waals surface area contributed by atoms with E-state index in [2.05, 4.69) is 70.3 Å². The molecule has 5 atom stereocenters. The van der Waals surface area contributed by atoms with Gasteiger partial charge in [-0.1, -0.05) is 106 Å². The van der Waals surface area contributed by atoms with Gasteiger partial charge in [0, 0.05) is 18.3 Å². The summed E-state index contributed by atoms with van der Waals surface area (Å²) in [7, 11) is -1.98. The fraction of sp³-hybridized carbons (Fsp3) is 0.405. The van der Waals surface area contributed by atoms with Crippen LogP contribution in [0.25, 0.3) is 11.1 Å². The average molecular weight is 597 g/mol. The lowest BCUT2D eigenvalue weighted by molar-refractivity contribution is -0.141. The van der Waals surface area contributed by atoms with Gasteiger partial charge in [0.2, 0.25) is 0 Å². The SMILES string of the molecule is CC(C)(C)[Si](C)(C)OC(CC/C=C/[C@H]1C(OC(=O)c2ccc(-c3ccccc3)cc2)C[C@@H]2OC(=O)C[C@@H]21)c1ccccc1. The molecule has 5 rings (SSSR count). The highest BCUT2D eigenvalue weighted by Gasteiger charge is 2.50. The molecule has 1 saturated heterocycles. The largest absolute Gasteiger partial charge is 0.462 e. The second-order valence-electron chi connectivity index (χ2n) is 13.4. The van der Waals surface area contributed by atoms with Gasteiger partial charge in [-0.25, -0.2) is 4.79 Å². The molecule has 1 aliphatic carbocycles. The predicted octanol–water partition coefficient (Wildman–Crippen LogP) is 8.93. The molecule has 2 aliphatic rings. The Morgan fingerprint density at radius 1 is 0.953 bits per heavy atom. The number of esters is 2. The van der Waals surface area contributed by atoms with Crippen molar-refractivity contribution >= 4 is 20.3 Å². The van der Waals surface area contributed by atoms with Crippen LogP contribution in [0.15, 0.2) is 97.1 Å². The lowest BCUT2D eigenvalue weighted by atomic mass is 9.91.